The van der Waals surface area contributed by atoms with Gasteiger partial charge in [-0.25, -0.2) is 9.97 Å². The van der Waals surface area contributed by atoms with Crippen LogP contribution >= 0.6 is 0 Å². The molecule has 90 valence electrons. The Kier molecular flexibility index (Phi) is 3.89. The molecule has 1 aromatic heterocycles. The molecule has 1 aromatic rings. The highest BCUT2D eigenvalue weighted by molar-refractivity contribution is 5.37. The number of hydrogen-bond donors (Lipinski definition) is 1. The number of nitrogens with two attached hydrogens (primary N) is 1. The van der Waals surface area contributed by atoms with E-state index in [1.807, 2.05) is 0 Å². The Labute approximate surface area is 98.5 Å². The van der Waals surface area contributed by atoms with Gasteiger partial charge in [0.1, 0.15) is 0 Å². The van der Waals surface area contributed by atoms with E-state index in [2.05, 4.69) is 51.5 Å². The highest BCUT2D eigenvalue weighted by Crippen LogP contribution is 2.31. The number of rotatable bonds is 3. The normalized spacial score (nSPS) is 11.8. The molecule has 0 radical (unpaired) electrons. The van der Waals surface area contributed by atoms with Crippen LogP contribution in [0.15, 0.2) is 0 Å². The van der Waals surface area contributed by atoms with E-state index < -0.39 is 0 Å². The maximum Gasteiger partial charge on any atom is 0.220 e. The Balaban J connectivity index is 3.48. The fourth-order valence-electron chi connectivity index (χ4n) is 2.00. The third-order valence-corrected chi connectivity index (χ3v) is 2.69. The molecule has 0 saturated heterocycles. The van der Waals surface area contributed by atoms with Crippen LogP contribution in [0.4, 0.5) is 5.95 Å². The van der Waals surface area contributed by atoms with E-state index >= 15 is 0 Å². The fourth-order valence-corrected chi connectivity index (χ4v) is 2.00. The van der Waals surface area contributed by atoms with Crippen LogP contribution in [0.1, 0.15) is 76.2 Å². The number of aromatic nitrogens is 2. The van der Waals surface area contributed by atoms with Crippen LogP contribution in [0, 0.1) is 0 Å². The van der Waals surface area contributed by atoms with E-state index in [-0.39, 0.29) is 0 Å². The second kappa shape index (κ2) is 4.81. The van der Waals surface area contributed by atoms with Gasteiger partial charge in [0.05, 0.1) is 11.4 Å². The molecule has 0 fully saturated rings. The van der Waals surface area contributed by atoms with Crippen LogP contribution in [0.25, 0.3) is 0 Å². The Morgan fingerprint density at radius 1 is 0.750 bits per heavy atom. The summed E-state index contributed by atoms with van der Waals surface area (Å²) >= 11 is 0. The number of anilines is 1. The van der Waals surface area contributed by atoms with Gasteiger partial charge in [-0.2, -0.15) is 0 Å². The third kappa shape index (κ3) is 2.52. The van der Waals surface area contributed by atoms with Crippen molar-refractivity contribution in [3.63, 3.8) is 0 Å². The summed E-state index contributed by atoms with van der Waals surface area (Å²) in [5.74, 6) is 1.62. The first-order chi connectivity index (χ1) is 7.34. The monoisotopic (exact) mass is 221 g/mol. The molecule has 2 N–H and O–H groups in total. The Bertz CT molecular complexity index is 338. The topological polar surface area (TPSA) is 51.8 Å². The van der Waals surface area contributed by atoms with Crippen molar-refractivity contribution in [1.29, 1.82) is 0 Å². The minimum absolute atomic E-state index is 0.389. The molecule has 0 aliphatic carbocycles. The van der Waals surface area contributed by atoms with Crippen LogP contribution in [0.2, 0.25) is 0 Å². The number of nitrogens with zero attached hydrogens (tertiary/aromatic N) is 2. The third-order valence-electron chi connectivity index (χ3n) is 2.69. The molecule has 0 aliphatic rings. The molecule has 0 amide bonds. The molecule has 1 heterocycles. The summed E-state index contributed by atoms with van der Waals surface area (Å²) in [4.78, 5) is 8.81. The van der Waals surface area contributed by atoms with Crippen LogP contribution in [0.3, 0.4) is 0 Å². The van der Waals surface area contributed by atoms with Gasteiger partial charge in [0, 0.05) is 0 Å². The van der Waals surface area contributed by atoms with Crippen LogP contribution in [-0.4, -0.2) is 9.97 Å². The number of hydrogen-bond acceptors (Lipinski definition) is 3. The average molecular weight is 221 g/mol. The quantitative estimate of drug-likeness (QED) is 0.850. The summed E-state index contributed by atoms with van der Waals surface area (Å²) in [5, 5.41) is 0. The minimum Gasteiger partial charge on any atom is -0.368 e. The van der Waals surface area contributed by atoms with Crippen LogP contribution < -0.4 is 5.73 Å². The first kappa shape index (κ1) is 12.9. The zero-order valence-electron chi connectivity index (χ0n) is 11.2. The van der Waals surface area contributed by atoms with E-state index in [1.165, 1.54) is 5.56 Å². The SMILES string of the molecule is CC(C)c1nc(N)nc(C(C)C)c1C(C)C. The van der Waals surface area contributed by atoms with Crippen molar-refractivity contribution in [2.24, 2.45) is 0 Å². The molecule has 0 saturated carbocycles. The highest BCUT2D eigenvalue weighted by atomic mass is 15.0. The maximum atomic E-state index is 5.78. The molecule has 0 unspecified atom stereocenters. The molecule has 0 aliphatic heterocycles. The maximum absolute atomic E-state index is 5.78. The van der Waals surface area contributed by atoms with E-state index in [1.54, 1.807) is 0 Å². The van der Waals surface area contributed by atoms with Gasteiger partial charge in [0.2, 0.25) is 5.95 Å². The molecule has 3 heteroatoms. The summed E-state index contributed by atoms with van der Waals surface area (Å²) in [5.41, 5.74) is 9.26. The lowest BCUT2D eigenvalue weighted by Crippen LogP contribution is -2.13. The van der Waals surface area contributed by atoms with Gasteiger partial charge in [-0.1, -0.05) is 41.5 Å². The molecule has 0 spiro atoms. The van der Waals surface area contributed by atoms with E-state index in [0.29, 0.717) is 23.7 Å². The Morgan fingerprint density at radius 3 is 1.38 bits per heavy atom. The first-order valence-corrected chi connectivity index (χ1v) is 6.01. The van der Waals surface area contributed by atoms with E-state index in [4.69, 9.17) is 5.73 Å². The molecule has 0 bridgehead atoms. The van der Waals surface area contributed by atoms with Gasteiger partial charge in [0.15, 0.2) is 0 Å². The zero-order valence-corrected chi connectivity index (χ0v) is 11.2. The van der Waals surface area contributed by atoms with Crippen molar-refractivity contribution in [3.05, 3.63) is 17.0 Å². The lowest BCUT2D eigenvalue weighted by Gasteiger charge is -2.20. The molecular formula is C13H23N3. The smallest absolute Gasteiger partial charge is 0.220 e. The largest absolute Gasteiger partial charge is 0.368 e. The first-order valence-electron chi connectivity index (χ1n) is 6.01. The summed E-state index contributed by atoms with van der Waals surface area (Å²) in [7, 11) is 0. The summed E-state index contributed by atoms with van der Waals surface area (Å²) in [6.07, 6.45) is 0. The second-order valence-corrected chi connectivity index (χ2v) is 5.23. The van der Waals surface area contributed by atoms with Gasteiger partial charge < -0.3 is 5.73 Å². The van der Waals surface area contributed by atoms with Crippen LogP contribution in [0.5, 0.6) is 0 Å². The molecular weight excluding hydrogens is 198 g/mol. The lowest BCUT2D eigenvalue weighted by atomic mass is 9.90. The molecule has 16 heavy (non-hydrogen) atoms. The van der Waals surface area contributed by atoms with Crippen molar-refractivity contribution in [3.8, 4) is 0 Å². The number of nitrogen functional groups attached to an aromatic ring is 1. The molecule has 3 nitrogen and oxygen atoms in total. The van der Waals surface area contributed by atoms with Crippen molar-refractivity contribution in [2.75, 3.05) is 5.73 Å². The minimum atomic E-state index is 0.389. The van der Waals surface area contributed by atoms with Crippen molar-refractivity contribution in [1.82, 2.24) is 9.97 Å². The van der Waals surface area contributed by atoms with Crippen molar-refractivity contribution < 1.29 is 0 Å². The van der Waals surface area contributed by atoms with Gasteiger partial charge in [-0.3, -0.25) is 0 Å². The van der Waals surface area contributed by atoms with Crippen molar-refractivity contribution in [2.45, 2.75) is 59.3 Å². The van der Waals surface area contributed by atoms with E-state index in [9.17, 15) is 0 Å². The predicted molar refractivity (Wildman–Crippen MR) is 68.7 cm³/mol. The van der Waals surface area contributed by atoms with Gasteiger partial charge in [-0.15, -0.1) is 0 Å². The summed E-state index contributed by atoms with van der Waals surface area (Å²) in [6, 6.07) is 0. The van der Waals surface area contributed by atoms with Crippen LogP contribution in [-0.2, 0) is 0 Å². The summed E-state index contributed by atoms with van der Waals surface area (Å²) in [6.45, 7) is 13.0. The summed E-state index contributed by atoms with van der Waals surface area (Å²) < 4.78 is 0. The predicted octanol–water partition coefficient (Wildman–Crippen LogP) is 3.43. The lowest BCUT2D eigenvalue weighted by molar-refractivity contribution is 0.700. The average Bonchev–Trinajstić information content (AvgIpc) is 2.15. The zero-order chi connectivity index (χ0) is 12.5. The van der Waals surface area contributed by atoms with E-state index in [0.717, 1.165) is 11.4 Å². The standard InChI is InChI=1S/C13H23N3/c1-7(2)10-11(8(3)4)15-13(14)16-12(10)9(5)6/h7-9H,1-6H3,(H2,14,15,16). The van der Waals surface area contributed by atoms with Gasteiger partial charge in [0.25, 0.3) is 0 Å². The highest BCUT2D eigenvalue weighted by Gasteiger charge is 2.20. The molecule has 1 rings (SSSR count). The molecule has 0 aromatic carbocycles. The van der Waals surface area contributed by atoms with Gasteiger partial charge in [-0.05, 0) is 23.3 Å². The Morgan fingerprint density at radius 2 is 1.12 bits per heavy atom. The second-order valence-electron chi connectivity index (χ2n) is 5.23. The molecule has 0 atom stereocenters. The van der Waals surface area contributed by atoms with Gasteiger partial charge >= 0.3 is 0 Å². The fraction of sp³-hybridized carbons (Fsp3) is 0.692. The van der Waals surface area contributed by atoms with Crippen molar-refractivity contribution >= 4 is 5.95 Å². The Hall–Kier alpha value is -1.12.